The minimum Gasteiger partial charge on any atom is -0.495 e. The molecule has 0 fully saturated rings. The summed E-state index contributed by atoms with van der Waals surface area (Å²) in [6, 6.07) is 7.85. The van der Waals surface area contributed by atoms with E-state index in [1.165, 1.54) is 37.6 Å². The van der Waals surface area contributed by atoms with Gasteiger partial charge in [0.25, 0.3) is 0 Å². The minimum absolute atomic E-state index is 0.0486. The van der Waals surface area contributed by atoms with Crippen LogP contribution >= 0.6 is 23.2 Å². The molecule has 0 aliphatic heterocycles. The fourth-order valence-corrected chi connectivity index (χ4v) is 4.80. The van der Waals surface area contributed by atoms with Crippen LogP contribution < -0.4 is 25.0 Å². The monoisotopic (exact) mass is 609 g/mol. The molecular formula is C29H29Cl2N7O4. The Morgan fingerprint density at radius 3 is 2.50 bits per heavy atom. The van der Waals surface area contributed by atoms with Crippen LogP contribution in [0.2, 0.25) is 10.0 Å². The van der Waals surface area contributed by atoms with Gasteiger partial charge >= 0.3 is 6.03 Å². The van der Waals surface area contributed by atoms with E-state index in [0.717, 1.165) is 12.8 Å². The molecule has 1 aliphatic rings. The molecule has 1 atom stereocenters. The Bertz CT molecular complexity index is 1520. The number of benzene rings is 1. The number of methoxy groups -OCH3 is 2. The first-order chi connectivity index (χ1) is 20.2. The molecule has 1 aliphatic carbocycles. The summed E-state index contributed by atoms with van der Waals surface area (Å²) in [5.41, 5.74) is 1.95. The third-order valence-corrected chi connectivity index (χ3v) is 7.13. The van der Waals surface area contributed by atoms with Gasteiger partial charge in [0.2, 0.25) is 5.91 Å². The molecule has 1 aromatic carbocycles. The van der Waals surface area contributed by atoms with E-state index in [9.17, 15) is 9.59 Å². The number of carbonyl (C=O) groups is 2. The largest absolute Gasteiger partial charge is 0.495 e. The second-order valence-corrected chi connectivity index (χ2v) is 9.90. The van der Waals surface area contributed by atoms with Gasteiger partial charge in [0.05, 0.1) is 43.6 Å². The van der Waals surface area contributed by atoms with Crippen molar-refractivity contribution in [2.45, 2.75) is 26.3 Å². The van der Waals surface area contributed by atoms with Crippen LogP contribution in [0.1, 0.15) is 25.5 Å². The number of aliphatic imine (C=N–C) groups is 1. The van der Waals surface area contributed by atoms with Crippen molar-refractivity contribution in [3.63, 3.8) is 0 Å². The first-order valence-electron chi connectivity index (χ1n) is 12.9. The Kier molecular flexibility index (Phi) is 10.1. The van der Waals surface area contributed by atoms with Gasteiger partial charge < -0.3 is 20.1 Å². The predicted octanol–water partition coefficient (Wildman–Crippen LogP) is 6.12. The molecule has 2 N–H and O–H groups in total. The molecule has 1 unspecified atom stereocenters. The first kappa shape index (κ1) is 30.5. The lowest BCUT2D eigenvalue weighted by molar-refractivity contribution is -0.115. The SMILES string of the molecule is C=CC(=O)NC1=CCCC(C)C1=Nc1cc(N(Cc2ccccn2)C(=O)Nc2c(Cl)c(OC)cc(OC)c2Cl)ncn1. The summed E-state index contributed by atoms with van der Waals surface area (Å²) in [5, 5.41) is 5.77. The predicted molar refractivity (Wildman–Crippen MR) is 163 cm³/mol. The second kappa shape index (κ2) is 13.9. The van der Waals surface area contributed by atoms with Gasteiger partial charge in [0.1, 0.15) is 33.7 Å². The number of ether oxygens (including phenoxy) is 2. The van der Waals surface area contributed by atoms with E-state index >= 15 is 0 Å². The lowest BCUT2D eigenvalue weighted by Gasteiger charge is -2.24. The van der Waals surface area contributed by atoms with Gasteiger partial charge in [-0.25, -0.2) is 19.8 Å². The third-order valence-electron chi connectivity index (χ3n) is 6.38. The number of anilines is 2. The lowest BCUT2D eigenvalue weighted by atomic mass is 9.91. The maximum atomic E-state index is 13.8. The maximum Gasteiger partial charge on any atom is 0.327 e. The number of carbonyl (C=O) groups excluding carboxylic acids is 2. The van der Waals surface area contributed by atoms with Gasteiger partial charge in [-0.2, -0.15) is 0 Å². The van der Waals surface area contributed by atoms with Crippen molar-refractivity contribution in [1.29, 1.82) is 0 Å². The van der Waals surface area contributed by atoms with Crippen molar-refractivity contribution in [3.8, 4) is 11.5 Å². The van der Waals surface area contributed by atoms with E-state index in [4.69, 9.17) is 37.7 Å². The number of allylic oxidation sites excluding steroid dienone is 2. The molecule has 13 heteroatoms. The summed E-state index contributed by atoms with van der Waals surface area (Å²) in [6.45, 7) is 5.58. The molecule has 2 aromatic heterocycles. The summed E-state index contributed by atoms with van der Waals surface area (Å²) in [6.07, 6.45) is 7.69. The second-order valence-electron chi connectivity index (χ2n) is 9.14. The van der Waals surface area contributed by atoms with E-state index in [-0.39, 0.29) is 51.4 Å². The Morgan fingerprint density at radius 2 is 1.86 bits per heavy atom. The van der Waals surface area contributed by atoms with Gasteiger partial charge in [0.15, 0.2) is 5.82 Å². The number of urea groups is 1. The number of rotatable bonds is 9. The number of nitrogens with zero attached hydrogens (tertiary/aromatic N) is 5. The molecule has 0 bridgehead atoms. The highest BCUT2D eigenvalue weighted by molar-refractivity contribution is 6.41. The van der Waals surface area contributed by atoms with Crippen LogP contribution in [-0.2, 0) is 11.3 Å². The van der Waals surface area contributed by atoms with Crippen LogP contribution in [0.5, 0.6) is 11.5 Å². The van der Waals surface area contributed by atoms with Gasteiger partial charge in [0, 0.05) is 24.2 Å². The molecule has 42 heavy (non-hydrogen) atoms. The van der Waals surface area contributed by atoms with Crippen LogP contribution in [0.15, 0.2) is 72.3 Å². The molecule has 11 nitrogen and oxygen atoms in total. The molecule has 3 aromatic rings. The van der Waals surface area contributed by atoms with Gasteiger partial charge in [-0.05, 0) is 31.1 Å². The Balaban J connectivity index is 1.73. The summed E-state index contributed by atoms with van der Waals surface area (Å²) in [4.78, 5) is 44.9. The number of aromatic nitrogens is 3. The average molecular weight is 611 g/mol. The van der Waals surface area contributed by atoms with Crippen LogP contribution in [0, 0.1) is 5.92 Å². The van der Waals surface area contributed by atoms with Crippen molar-refractivity contribution in [2.24, 2.45) is 10.9 Å². The van der Waals surface area contributed by atoms with Crippen molar-refractivity contribution in [1.82, 2.24) is 20.3 Å². The summed E-state index contributed by atoms with van der Waals surface area (Å²) in [7, 11) is 2.88. The standard InChI is InChI=1S/C29H29Cl2N7O4/c1-5-24(39)35-19-11-8-9-17(2)27(19)36-22-14-23(34-16-33-22)38(15-18-10-6-7-12-32-18)29(40)37-28-25(30)20(41-3)13-21(42-4)26(28)31/h5-7,10-14,16-17H,1,8-9,15H2,2-4H3,(H,35,39)(H,37,40). The highest BCUT2D eigenvalue weighted by Gasteiger charge is 2.25. The van der Waals surface area contributed by atoms with E-state index in [0.29, 0.717) is 22.9 Å². The van der Waals surface area contributed by atoms with E-state index < -0.39 is 6.03 Å². The van der Waals surface area contributed by atoms with Crippen molar-refractivity contribution in [2.75, 3.05) is 24.4 Å². The highest BCUT2D eigenvalue weighted by Crippen LogP contribution is 2.44. The lowest BCUT2D eigenvalue weighted by Crippen LogP contribution is -2.35. The number of nitrogens with one attached hydrogen (secondary N) is 2. The number of amides is 3. The molecule has 0 spiro atoms. The normalized spacial score (nSPS) is 15.4. The number of pyridine rings is 1. The summed E-state index contributed by atoms with van der Waals surface area (Å²) in [5.74, 6) is 0.765. The topological polar surface area (TPSA) is 131 Å². The Hall–Kier alpha value is -4.48. The summed E-state index contributed by atoms with van der Waals surface area (Å²) >= 11 is 13.0. The van der Waals surface area contributed by atoms with E-state index in [1.54, 1.807) is 24.4 Å². The molecule has 0 radical (unpaired) electrons. The molecule has 218 valence electrons. The van der Waals surface area contributed by atoms with Crippen LogP contribution in [-0.4, -0.2) is 46.8 Å². The highest BCUT2D eigenvalue weighted by atomic mass is 35.5. The average Bonchev–Trinajstić information content (AvgIpc) is 3.00. The van der Waals surface area contributed by atoms with Crippen molar-refractivity contribution in [3.05, 3.63) is 83.0 Å². The molecule has 2 heterocycles. The van der Waals surface area contributed by atoms with Gasteiger partial charge in [-0.15, -0.1) is 0 Å². The Labute approximate surface area is 253 Å². The van der Waals surface area contributed by atoms with Crippen LogP contribution in [0.3, 0.4) is 0 Å². The van der Waals surface area contributed by atoms with E-state index in [2.05, 4.69) is 32.2 Å². The number of halogens is 2. The van der Waals surface area contributed by atoms with E-state index in [1.807, 2.05) is 19.1 Å². The smallest absolute Gasteiger partial charge is 0.327 e. The van der Waals surface area contributed by atoms with Crippen molar-refractivity contribution < 1.29 is 19.1 Å². The minimum atomic E-state index is -0.609. The summed E-state index contributed by atoms with van der Waals surface area (Å²) < 4.78 is 10.6. The fourth-order valence-electron chi connectivity index (χ4n) is 4.20. The molecule has 0 saturated heterocycles. The fraction of sp³-hybridized carbons (Fsp3) is 0.241. The molecule has 3 amide bonds. The molecular weight excluding hydrogens is 581 g/mol. The zero-order chi connectivity index (χ0) is 30.2. The number of hydrogen-bond acceptors (Lipinski definition) is 8. The Morgan fingerprint density at radius 1 is 1.12 bits per heavy atom. The van der Waals surface area contributed by atoms with Gasteiger partial charge in [-0.1, -0.05) is 48.8 Å². The molecule has 4 rings (SSSR count). The van der Waals surface area contributed by atoms with Crippen LogP contribution in [0.4, 0.5) is 22.1 Å². The van der Waals surface area contributed by atoms with Gasteiger partial charge in [-0.3, -0.25) is 14.7 Å². The first-order valence-corrected chi connectivity index (χ1v) is 13.6. The maximum absolute atomic E-state index is 13.8. The van der Waals surface area contributed by atoms with Crippen LogP contribution in [0.25, 0.3) is 0 Å². The third kappa shape index (κ3) is 7.04. The zero-order valence-electron chi connectivity index (χ0n) is 23.2. The van der Waals surface area contributed by atoms with Crippen molar-refractivity contribution >= 4 is 58.2 Å². The number of hydrogen-bond donors (Lipinski definition) is 2. The quantitative estimate of drug-likeness (QED) is 0.279. The zero-order valence-corrected chi connectivity index (χ0v) is 24.7. The molecule has 0 saturated carbocycles.